The molecule has 3 aliphatic rings. The van der Waals surface area contributed by atoms with Gasteiger partial charge in [-0.05, 0) is 66.9 Å². The van der Waals surface area contributed by atoms with Crippen molar-refractivity contribution >= 4 is 33.4 Å². The Morgan fingerprint density at radius 3 is 2.94 bits per heavy atom. The Morgan fingerprint density at radius 2 is 2.12 bits per heavy atom. The number of fused-ring (bicyclic) bond motifs is 4. The molecule has 170 valence electrons. The van der Waals surface area contributed by atoms with Crippen LogP contribution in [0.4, 0.5) is 5.69 Å². The maximum absolute atomic E-state index is 6.65. The van der Waals surface area contributed by atoms with E-state index in [9.17, 15) is 0 Å². The number of allylic oxidation sites excluding steroid dienone is 2. The van der Waals surface area contributed by atoms with Crippen molar-refractivity contribution in [3.8, 4) is 17.1 Å². The molecule has 2 aromatic rings. The molecule has 1 aromatic heterocycles. The highest BCUT2D eigenvalue weighted by Gasteiger charge is 2.45. The molecule has 4 atom stereocenters. The first-order valence-electron chi connectivity index (χ1n) is 11.6. The number of halogens is 1. The van der Waals surface area contributed by atoms with Crippen LogP contribution in [0.15, 0.2) is 39.5 Å². The number of aromatic nitrogens is 3. The molecule has 0 amide bonds. The van der Waals surface area contributed by atoms with E-state index in [4.69, 9.17) is 9.72 Å². The van der Waals surface area contributed by atoms with Crippen LogP contribution in [-0.4, -0.2) is 27.2 Å². The van der Waals surface area contributed by atoms with E-state index in [0.29, 0.717) is 39.9 Å². The van der Waals surface area contributed by atoms with Crippen molar-refractivity contribution in [2.75, 3.05) is 11.1 Å². The summed E-state index contributed by atoms with van der Waals surface area (Å²) in [7, 11) is 0. The summed E-state index contributed by atoms with van der Waals surface area (Å²) >= 11 is 5.20. The van der Waals surface area contributed by atoms with Crippen LogP contribution in [0.25, 0.3) is 11.3 Å². The highest BCUT2D eigenvalue weighted by molar-refractivity contribution is 9.10. The lowest BCUT2D eigenvalue weighted by Crippen LogP contribution is -2.45. The van der Waals surface area contributed by atoms with Crippen LogP contribution < -0.4 is 10.1 Å². The Morgan fingerprint density at radius 1 is 1.28 bits per heavy atom. The molecule has 2 heterocycles. The quantitative estimate of drug-likeness (QED) is 0.353. The number of hydrogen-bond acceptors (Lipinski definition) is 6. The van der Waals surface area contributed by atoms with E-state index in [1.165, 1.54) is 12.8 Å². The minimum Gasteiger partial charge on any atom is -0.452 e. The number of benzene rings is 1. The van der Waals surface area contributed by atoms with E-state index in [2.05, 4.69) is 83.4 Å². The summed E-state index contributed by atoms with van der Waals surface area (Å²) in [4.78, 5) is 4.77. The van der Waals surface area contributed by atoms with Crippen LogP contribution >= 0.6 is 27.7 Å². The van der Waals surface area contributed by atoms with E-state index in [1.807, 2.05) is 0 Å². The normalized spacial score (nSPS) is 28.2. The molecule has 32 heavy (non-hydrogen) atoms. The lowest BCUT2D eigenvalue weighted by atomic mass is 9.59. The monoisotopic (exact) mass is 514 g/mol. The van der Waals surface area contributed by atoms with Gasteiger partial charge in [0.25, 0.3) is 0 Å². The van der Waals surface area contributed by atoms with E-state index in [-0.39, 0.29) is 6.23 Å². The molecule has 0 saturated heterocycles. The van der Waals surface area contributed by atoms with E-state index in [0.717, 1.165) is 34.3 Å². The fraction of sp³-hybridized carbons (Fsp3) is 0.560. The molecule has 2 aliphatic carbocycles. The van der Waals surface area contributed by atoms with Gasteiger partial charge in [-0.25, -0.2) is 0 Å². The third kappa shape index (κ3) is 4.07. The highest BCUT2D eigenvalue weighted by atomic mass is 79.9. The zero-order valence-corrected chi connectivity index (χ0v) is 21.6. The van der Waals surface area contributed by atoms with Gasteiger partial charge in [-0.1, -0.05) is 67.0 Å². The van der Waals surface area contributed by atoms with Gasteiger partial charge >= 0.3 is 0 Å². The first-order chi connectivity index (χ1) is 15.4. The largest absolute Gasteiger partial charge is 0.452 e. The Hall–Kier alpha value is -1.60. The zero-order chi connectivity index (χ0) is 22.5. The first-order valence-corrected chi connectivity index (χ1v) is 13.4. The third-order valence-electron chi connectivity index (χ3n) is 7.45. The van der Waals surface area contributed by atoms with Crippen molar-refractivity contribution in [1.82, 2.24) is 15.2 Å². The number of nitrogens with one attached hydrogen (secondary N) is 1. The number of hydrogen-bond donors (Lipinski definition) is 1. The van der Waals surface area contributed by atoms with Gasteiger partial charge in [0, 0.05) is 21.6 Å². The number of anilines is 1. The summed E-state index contributed by atoms with van der Waals surface area (Å²) in [6.45, 7) is 9.34. The van der Waals surface area contributed by atoms with Crippen LogP contribution in [0.1, 0.15) is 53.4 Å². The van der Waals surface area contributed by atoms with E-state index >= 15 is 0 Å². The number of ether oxygens (including phenoxy) is 1. The van der Waals surface area contributed by atoms with Gasteiger partial charge in [-0.15, -0.1) is 10.2 Å². The zero-order valence-electron chi connectivity index (χ0n) is 19.2. The summed E-state index contributed by atoms with van der Waals surface area (Å²) in [6.07, 6.45) is 7.12. The van der Waals surface area contributed by atoms with Gasteiger partial charge in [0.15, 0.2) is 11.9 Å². The fourth-order valence-corrected chi connectivity index (χ4v) is 6.53. The SMILES string of the molecule is CCSc1nnc2c(n1)O[C@H]([C@@H]1C[C@H]3C(=CCCC3(C)C)C[C@H]1C)Nc1ccc(Br)cc1-2. The summed E-state index contributed by atoms with van der Waals surface area (Å²) in [5.41, 5.74) is 4.71. The van der Waals surface area contributed by atoms with E-state index < -0.39 is 0 Å². The van der Waals surface area contributed by atoms with Gasteiger partial charge in [-0.2, -0.15) is 4.98 Å². The van der Waals surface area contributed by atoms with Crippen molar-refractivity contribution in [1.29, 1.82) is 0 Å². The summed E-state index contributed by atoms with van der Waals surface area (Å²) in [6, 6.07) is 6.24. The molecule has 0 bridgehead atoms. The summed E-state index contributed by atoms with van der Waals surface area (Å²) in [5.74, 6) is 3.01. The lowest BCUT2D eigenvalue weighted by Gasteiger charge is -2.48. The average molecular weight is 516 g/mol. The minimum atomic E-state index is -0.151. The van der Waals surface area contributed by atoms with Crippen LogP contribution in [0.3, 0.4) is 0 Å². The fourth-order valence-electron chi connectivity index (χ4n) is 5.67. The molecule has 0 spiro atoms. The smallest absolute Gasteiger partial charge is 0.247 e. The second kappa shape index (κ2) is 8.64. The molecule has 0 radical (unpaired) electrons. The maximum Gasteiger partial charge on any atom is 0.247 e. The van der Waals surface area contributed by atoms with Gasteiger partial charge < -0.3 is 10.1 Å². The molecular weight excluding hydrogens is 484 g/mol. The average Bonchev–Trinajstić information content (AvgIpc) is 2.89. The summed E-state index contributed by atoms with van der Waals surface area (Å²) in [5, 5.41) is 13.3. The standard InChI is InChI=1S/C25H31BrN4OS/c1-5-32-24-28-23-21(29-30-24)18-12-16(26)8-9-20(18)27-22(31-23)17-13-19-15(11-14(17)2)7-6-10-25(19,3)4/h7-9,12,14,17,19,22,27H,5-6,10-11,13H2,1-4H3/t14-,17-,19+,22-/m1/s1. The predicted molar refractivity (Wildman–Crippen MR) is 134 cm³/mol. The molecule has 5 nitrogen and oxygen atoms in total. The third-order valence-corrected chi connectivity index (χ3v) is 8.67. The van der Waals surface area contributed by atoms with E-state index in [1.54, 1.807) is 17.3 Å². The number of rotatable bonds is 3. The van der Waals surface area contributed by atoms with Crippen LogP contribution in [0.5, 0.6) is 5.88 Å². The topological polar surface area (TPSA) is 59.9 Å². The second-order valence-electron chi connectivity index (χ2n) is 9.99. The second-order valence-corrected chi connectivity index (χ2v) is 12.1. The minimum absolute atomic E-state index is 0.151. The molecule has 1 aromatic carbocycles. The van der Waals surface area contributed by atoms with Crippen molar-refractivity contribution in [3.63, 3.8) is 0 Å². The Labute approximate surface area is 203 Å². The van der Waals surface area contributed by atoms with Crippen LogP contribution in [-0.2, 0) is 0 Å². The molecule has 1 fully saturated rings. The molecule has 1 aliphatic heterocycles. The Bertz CT molecular complexity index is 1060. The molecule has 7 heteroatoms. The number of nitrogens with zero attached hydrogens (tertiary/aromatic N) is 3. The molecule has 5 rings (SSSR count). The lowest BCUT2D eigenvalue weighted by molar-refractivity contribution is 0.0519. The van der Waals surface area contributed by atoms with Crippen LogP contribution in [0, 0.1) is 23.2 Å². The van der Waals surface area contributed by atoms with Gasteiger partial charge in [0.1, 0.15) is 0 Å². The predicted octanol–water partition coefficient (Wildman–Crippen LogP) is 6.95. The van der Waals surface area contributed by atoms with Crippen molar-refractivity contribution in [2.24, 2.45) is 23.2 Å². The van der Waals surface area contributed by atoms with Gasteiger partial charge in [0.05, 0.1) is 0 Å². The van der Waals surface area contributed by atoms with Crippen molar-refractivity contribution in [2.45, 2.75) is 64.8 Å². The molecule has 1 saturated carbocycles. The van der Waals surface area contributed by atoms with Gasteiger partial charge in [-0.3, -0.25) is 0 Å². The molecule has 1 N–H and O–H groups in total. The first kappa shape index (κ1) is 22.2. The van der Waals surface area contributed by atoms with Crippen molar-refractivity contribution in [3.05, 3.63) is 34.3 Å². The molecular formula is C25H31BrN4OS. The Kier molecular flexibility index (Phi) is 5.99. The highest BCUT2D eigenvalue weighted by Crippen LogP contribution is 2.52. The maximum atomic E-state index is 6.65. The van der Waals surface area contributed by atoms with Crippen LogP contribution in [0.2, 0.25) is 0 Å². The van der Waals surface area contributed by atoms with Crippen molar-refractivity contribution < 1.29 is 4.74 Å². The van der Waals surface area contributed by atoms with Gasteiger partial charge in [0.2, 0.25) is 11.0 Å². The summed E-state index contributed by atoms with van der Waals surface area (Å²) < 4.78 is 7.65. The molecule has 0 unspecified atom stereocenters. The Balaban J connectivity index is 1.54. The number of thioether (sulfide) groups is 1.